The third kappa shape index (κ3) is 7.84. The number of carbonyl (C=O) groups is 1. The van der Waals surface area contributed by atoms with Crippen LogP contribution in [0.15, 0.2) is 89.8 Å². The molecule has 0 radical (unpaired) electrons. The first-order chi connectivity index (χ1) is 15.8. The average molecular weight is 465 g/mol. The van der Waals surface area contributed by atoms with Crippen LogP contribution < -0.4 is 4.72 Å². The molecule has 5 nitrogen and oxygen atoms in total. The number of nitrogens with zero attached hydrogens (tertiary/aromatic N) is 1. The highest BCUT2D eigenvalue weighted by molar-refractivity contribution is 7.89. The first-order valence-electron chi connectivity index (χ1n) is 11.3. The van der Waals surface area contributed by atoms with Crippen molar-refractivity contribution in [3.8, 4) is 0 Å². The summed E-state index contributed by atoms with van der Waals surface area (Å²) in [5.41, 5.74) is 3.11. The zero-order valence-corrected chi connectivity index (χ0v) is 20.1. The summed E-state index contributed by atoms with van der Waals surface area (Å²) < 4.78 is 27.4. The fourth-order valence-electron chi connectivity index (χ4n) is 3.44. The number of hydrogen-bond donors (Lipinski definition) is 1. The van der Waals surface area contributed by atoms with Crippen molar-refractivity contribution in [1.82, 2.24) is 9.62 Å². The lowest BCUT2D eigenvalue weighted by atomic mass is 10.1. The Morgan fingerprint density at radius 3 is 1.79 bits per heavy atom. The van der Waals surface area contributed by atoms with E-state index in [0.29, 0.717) is 32.5 Å². The molecule has 1 N–H and O–H groups in total. The maximum absolute atomic E-state index is 13.1. The quantitative estimate of drug-likeness (QED) is 0.444. The third-order valence-electron chi connectivity index (χ3n) is 5.33. The molecule has 0 saturated heterocycles. The van der Waals surface area contributed by atoms with Gasteiger partial charge in [-0.3, -0.25) is 4.79 Å². The Kier molecular flexibility index (Phi) is 8.80. The fourth-order valence-corrected chi connectivity index (χ4v) is 4.66. The van der Waals surface area contributed by atoms with Gasteiger partial charge in [-0.25, -0.2) is 13.1 Å². The molecule has 174 valence electrons. The number of carbonyl (C=O) groups excluding carboxylic acids is 1. The van der Waals surface area contributed by atoms with Crippen molar-refractivity contribution in [2.24, 2.45) is 5.92 Å². The number of amides is 1. The molecular weight excluding hydrogens is 432 g/mol. The lowest BCUT2D eigenvalue weighted by Crippen LogP contribution is -2.30. The minimum absolute atomic E-state index is 0.0676. The molecule has 33 heavy (non-hydrogen) atoms. The molecule has 0 aliphatic rings. The largest absolute Gasteiger partial charge is 0.334 e. The number of hydrogen-bond acceptors (Lipinski definition) is 3. The van der Waals surface area contributed by atoms with Gasteiger partial charge >= 0.3 is 0 Å². The Labute approximate surface area is 197 Å². The number of benzene rings is 3. The third-order valence-corrected chi connectivity index (χ3v) is 6.77. The standard InChI is InChI=1S/C27H32N2O3S/c1-22(2)19-28-33(31,32)26-16-13-23(14-17-26)15-18-27(30)29(20-24-9-5-3-6-10-24)21-25-11-7-4-8-12-25/h3-14,16-17,22,28H,15,18-21H2,1-2H3. The highest BCUT2D eigenvalue weighted by Gasteiger charge is 2.16. The predicted octanol–water partition coefficient (Wildman–Crippen LogP) is 4.78. The van der Waals surface area contributed by atoms with Crippen molar-refractivity contribution in [3.05, 3.63) is 102 Å². The van der Waals surface area contributed by atoms with Gasteiger partial charge in [0.2, 0.25) is 15.9 Å². The maximum atomic E-state index is 13.1. The lowest BCUT2D eigenvalue weighted by Gasteiger charge is -2.23. The van der Waals surface area contributed by atoms with Crippen molar-refractivity contribution in [2.45, 2.75) is 44.7 Å². The maximum Gasteiger partial charge on any atom is 0.240 e. The van der Waals surface area contributed by atoms with E-state index in [1.807, 2.05) is 79.4 Å². The van der Waals surface area contributed by atoms with Gasteiger partial charge in [-0.2, -0.15) is 0 Å². The van der Waals surface area contributed by atoms with E-state index in [4.69, 9.17) is 0 Å². The van der Waals surface area contributed by atoms with Crippen molar-refractivity contribution in [3.63, 3.8) is 0 Å². The molecule has 6 heteroatoms. The average Bonchev–Trinajstić information content (AvgIpc) is 2.82. The molecule has 0 unspecified atom stereocenters. The van der Waals surface area contributed by atoms with Crippen LogP contribution in [0.25, 0.3) is 0 Å². The van der Waals surface area contributed by atoms with E-state index in [-0.39, 0.29) is 16.7 Å². The summed E-state index contributed by atoms with van der Waals surface area (Å²) in [6.07, 6.45) is 0.913. The molecule has 3 aromatic rings. The van der Waals surface area contributed by atoms with E-state index in [1.54, 1.807) is 24.3 Å². The Bertz CT molecular complexity index is 1070. The van der Waals surface area contributed by atoms with E-state index in [0.717, 1.165) is 16.7 Å². The van der Waals surface area contributed by atoms with Gasteiger partial charge in [-0.15, -0.1) is 0 Å². The Morgan fingerprint density at radius 1 is 0.788 bits per heavy atom. The molecule has 0 aliphatic carbocycles. The van der Waals surface area contributed by atoms with Crippen LogP contribution in [-0.2, 0) is 34.3 Å². The summed E-state index contributed by atoms with van der Waals surface area (Å²) in [7, 11) is -3.51. The molecule has 1 amide bonds. The normalized spacial score (nSPS) is 11.5. The van der Waals surface area contributed by atoms with Crippen LogP contribution in [0.3, 0.4) is 0 Å². The summed E-state index contributed by atoms with van der Waals surface area (Å²) in [5, 5.41) is 0. The zero-order valence-electron chi connectivity index (χ0n) is 19.3. The zero-order chi connectivity index (χ0) is 23.7. The van der Waals surface area contributed by atoms with Gasteiger partial charge in [0, 0.05) is 26.1 Å². The molecule has 0 heterocycles. The van der Waals surface area contributed by atoms with Crippen molar-refractivity contribution in [1.29, 1.82) is 0 Å². The molecule has 0 spiro atoms. The van der Waals surface area contributed by atoms with Crippen LogP contribution in [-0.4, -0.2) is 25.8 Å². The monoisotopic (exact) mass is 464 g/mol. The van der Waals surface area contributed by atoms with Gasteiger partial charge in [0.25, 0.3) is 0 Å². The first kappa shape index (κ1) is 24.7. The Balaban J connectivity index is 1.64. The highest BCUT2D eigenvalue weighted by Crippen LogP contribution is 2.15. The first-order valence-corrected chi connectivity index (χ1v) is 12.8. The summed E-state index contributed by atoms with van der Waals surface area (Å²) in [6.45, 7) is 5.42. The van der Waals surface area contributed by atoms with Crippen LogP contribution in [0.5, 0.6) is 0 Å². The molecule has 0 aromatic heterocycles. The van der Waals surface area contributed by atoms with Gasteiger partial charge in [0.1, 0.15) is 0 Å². The Hall–Kier alpha value is -2.96. The topological polar surface area (TPSA) is 66.5 Å². The molecule has 0 fully saturated rings. The van der Waals surface area contributed by atoms with E-state index in [2.05, 4.69) is 4.72 Å². The second-order valence-corrected chi connectivity index (χ2v) is 10.4. The fraction of sp³-hybridized carbons (Fsp3) is 0.296. The summed E-state index contributed by atoms with van der Waals surface area (Å²) in [5.74, 6) is 0.304. The van der Waals surface area contributed by atoms with E-state index < -0.39 is 10.0 Å². The van der Waals surface area contributed by atoms with Gasteiger partial charge in [-0.05, 0) is 41.2 Å². The number of nitrogens with one attached hydrogen (secondary N) is 1. The highest BCUT2D eigenvalue weighted by atomic mass is 32.2. The second-order valence-electron chi connectivity index (χ2n) is 8.61. The van der Waals surface area contributed by atoms with Crippen molar-refractivity contribution < 1.29 is 13.2 Å². The second kappa shape index (κ2) is 11.8. The summed E-state index contributed by atoms with van der Waals surface area (Å²) in [4.78, 5) is 15.2. The van der Waals surface area contributed by atoms with Gasteiger partial charge in [0.05, 0.1) is 4.90 Å². The molecule has 3 rings (SSSR count). The van der Waals surface area contributed by atoms with Gasteiger partial charge in [0.15, 0.2) is 0 Å². The van der Waals surface area contributed by atoms with Crippen LogP contribution in [0.4, 0.5) is 0 Å². The molecule has 0 atom stereocenters. The van der Waals surface area contributed by atoms with Crippen LogP contribution in [0, 0.1) is 5.92 Å². The molecule has 3 aromatic carbocycles. The van der Waals surface area contributed by atoms with E-state index in [1.165, 1.54) is 0 Å². The lowest BCUT2D eigenvalue weighted by molar-refractivity contribution is -0.132. The molecule has 0 aliphatic heterocycles. The molecule has 0 bridgehead atoms. The van der Waals surface area contributed by atoms with E-state index in [9.17, 15) is 13.2 Å². The number of sulfonamides is 1. The van der Waals surface area contributed by atoms with Gasteiger partial charge < -0.3 is 4.90 Å². The predicted molar refractivity (Wildman–Crippen MR) is 132 cm³/mol. The van der Waals surface area contributed by atoms with Crippen LogP contribution in [0.1, 0.15) is 37.0 Å². The van der Waals surface area contributed by atoms with Crippen molar-refractivity contribution in [2.75, 3.05) is 6.54 Å². The smallest absolute Gasteiger partial charge is 0.240 e. The minimum atomic E-state index is -3.51. The number of aryl methyl sites for hydroxylation is 1. The SMILES string of the molecule is CC(C)CNS(=O)(=O)c1ccc(CCC(=O)N(Cc2ccccc2)Cc2ccccc2)cc1. The minimum Gasteiger partial charge on any atom is -0.334 e. The summed E-state index contributed by atoms with van der Waals surface area (Å²) >= 11 is 0. The molecule has 0 saturated carbocycles. The van der Waals surface area contributed by atoms with Crippen molar-refractivity contribution >= 4 is 15.9 Å². The summed E-state index contributed by atoms with van der Waals surface area (Å²) in [6, 6.07) is 26.7. The molecular formula is C27H32N2O3S. The number of rotatable bonds is 11. The Morgan fingerprint density at radius 2 is 1.30 bits per heavy atom. The van der Waals surface area contributed by atoms with Crippen LogP contribution in [0.2, 0.25) is 0 Å². The van der Waals surface area contributed by atoms with Crippen LogP contribution >= 0.6 is 0 Å². The van der Waals surface area contributed by atoms with E-state index >= 15 is 0 Å². The van der Waals surface area contributed by atoms with Gasteiger partial charge in [-0.1, -0.05) is 86.6 Å².